The molecule has 0 aliphatic carbocycles. The van der Waals surface area contributed by atoms with Crippen LogP contribution in [0.1, 0.15) is 16.7 Å². The number of amides is 1. The third kappa shape index (κ3) is 5.92. The van der Waals surface area contributed by atoms with Crippen molar-refractivity contribution in [3.05, 3.63) is 70.2 Å². The van der Waals surface area contributed by atoms with E-state index in [1.807, 2.05) is 12.1 Å². The van der Waals surface area contributed by atoms with Gasteiger partial charge in [0.1, 0.15) is 0 Å². The van der Waals surface area contributed by atoms with E-state index >= 15 is 0 Å². The number of hydrogen-bond donors (Lipinski definition) is 1. The number of carbonyl (C=O) groups is 1. The van der Waals surface area contributed by atoms with Gasteiger partial charge in [-0.25, -0.2) is 5.43 Å². The Balaban J connectivity index is 1.69. The van der Waals surface area contributed by atoms with Crippen molar-refractivity contribution in [2.45, 2.75) is 12.7 Å². The second-order valence-electron chi connectivity index (χ2n) is 4.82. The summed E-state index contributed by atoms with van der Waals surface area (Å²) in [6.45, 7) is 2.06. The highest BCUT2D eigenvalue weighted by Crippen LogP contribution is 2.12. The van der Waals surface area contributed by atoms with Gasteiger partial charge in [0.2, 0.25) is 5.91 Å². The molecular weight excluding hydrogens is 316 g/mol. The number of hydrazone groups is 1. The van der Waals surface area contributed by atoms with Gasteiger partial charge in [-0.2, -0.15) is 5.10 Å². The van der Waals surface area contributed by atoms with E-state index in [4.69, 9.17) is 11.6 Å². The lowest BCUT2D eigenvalue weighted by molar-refractivity contribution is -0.118. The Bertz CT molecular complexity index is 639. The summed E-state index contributed by atoms with van der Waals surface area (Å²) in [7, 11) is 0. The van der Waals surface area contributed by atoms with Gasteiger partial charge in [-0.3, -0.25) is 4.79 Å². The maximum absolute atomic E-state index is 11.7. The van der Waals surface area contributed by atoms with E-state index in [2.05, 4.69) is 41.7 Å². The van der Waals surface area contributed by atoms with E-state index in [1.54, 1.807) is 30.1 Å². The molecule has 2 rings (SSSR count). The maximum Gasteiger partial charge on any atom is 0.250 e. The molecule has 2 aromatic rings. The SMILES string of the molecule is Cc1ccc(CSCC(=O)N/N=C\c2ccc(Cl)cc2)cc1. The Labute approximate surface area is 139 Å². The van der Waals surface area contributed by atoms with E-state index in [1.165, 1.54) is 11.1 Å². The molecule has 22 heavy (non-hydrogen) atoms. The molecule has 0 unspecified atom stereocenters. The zero-order valence-corrected chi connectivity index (χ0v) is 13.8. The Morgan fingerprint density at radius 3 is 2.55 bits per heavy atom. The number of nitrogens with zero attached hydrogens (tertiary/aromatic N) is 1. The Hall–Kier alpha value is -1.78. The first kappa shape index (κ1) is 16.6. The highest BCUT2D eigenvalue weighted by Gasteiger charge is 2.00. The van der Waals surface area contributed by atoms with Crippen LogP contribution in [0.5, 0.6) is 0 Å². The van der Waals surface area contributed by atoms with E-state index < -0.39 is 0 Å². The van der Waals surface area contributed by atoms with E-state index in [0.717, 1.165) is 11.3 Å². The van der Waals surface area contributed by atoms with Crippen molar-refractivity contribution in [1.82, 2.24) is 5.43 Å². The summed E-state index contributed by atoms with van der Waals surface area (Å²) >= 11 is 7.36. The summed E-state index contributed by atoms with van der Waals surface area (Å²) in [5, 5.41) is 4.60. The van der Waals surface area contributed by atoms with Crippen LogP contribution in [0.3, 0.4) is 0 Å². The summed E-state index contributed by atoms with van der Waals surface area (Å²) in [6, 6.07) is 15.6. The van der Waals surface area contributed by atoms with Gasteiger partial charge < -0.3 is 0 Å². The predicted octanol–water partition coefficient (Wildman–Crippen LogP) is 4.03. The Morgan fingerprint density at radius 1 is 1.18 bits per heavy atom. The number of halogens is 1. The molecule has 1 amide bonds. The summed E-state index contributed by atoms with van der Waals surface area (Å²) < 4.78 is 0. The third-order valence-corrected chi connectivity index (χ3v) is 4.15. The maximum atomic E-state index is 11.7. The highest BCUT2D eigenvalue weighted by molar-refractivity contribution is 7.99. The largest absolute Gasteiger partial charge is 0.272 e. The van der Waals surface area contributed by atoms with Crippen LogP contribution in [0.2, 0.25) is 5.02 Å². The van der Waals surface area contributed by atoms with Gasteiger partial charge in [-0.05, 0) is 30.2 Å². The number of nitrogens with one attached hydrogen (secondary N) is 1. The minimum atomic E-state index is -0.109. The van der Waals surface area contributed by atoms with Crippen LogP contribution in [-0.2, 0) is 10.5 Å². The van der Waals surface area contributed by atoms with Gasteiger partial charge in [0, 0.05) is 10.8 Å². The number of thioether (sulfide) groups is 1. The fraction of sp³-hybridized carbons (Fsp3) is 0.176. The van der Waals surface area contributed by atoms with Gasteiger partial charge in [-0.15, -0.1) is 11.8 Å². The highest BCUT2D eigenvalue weighted by atomic mass is 35.5. The molecule has 0 saturated carbocycles. The molecule has 0 atom stereocenters. The lowest BCUT2D eigenvalue weighted by Gasteiger charge is -2.02. The van der Waals surface area contributed by atoms with E-state index in [-0.39, 0.29) is 5.91 Å². The van der Waals surface area contributed by atoms with Gasteiger partial charge in [-0.1, -0.05) is 53.6 Å². The number of carbonyl (C=O) groups excluding carboxylic acids is 1. The number of rotatable bonds is 6. The second-order valence-corrected chi connectivity index (χ2v) is 6.25. The van der Waals surface area contributed by atoms with Gasteiger partial charge in [0.15, 0.2) is 0 Å². The van der Waals surface area contributed by atoms with Crippen molar-refractivity contribution >= 4 is 35.5 Å². The lowest BCUT2D eigenvalue weighted by atomic mass is 10.2. The molecule has 3 nitrogen and oxygen atoms in total. The smallest absolute Gasteiger partial charge is 0.250 e. The molecule has 2 aromatic carbocycles. The molecule has 0 spiro atoms. The predicted molar refractivity (Wildman–Crippen MR) is 94.5 cm³/mol. The van der Waals surface area contributed by atoms with Crippen LogP contribution in [0, 0.1) is 6.92 Å². The summed E-state index contributed by atoms with van der Waals surface area (Å²) in [5.41, 5.74) is 5.86. The van der Waals surface area contributed by atoms with Crippen molar-refractivity contribution in [2.24, 2.45) is 5.10 Å². The van der Waals surface area contributed by atoms with Crippen molar-refractivity contribution in [3.63, 3.8) is 0 Å². The third-order valence-electron chi connectivity index (χ3n) is 2.90. The summed E-state index contributed by atoms with van der Waals surface area (Å²) in [4.78, 5) is 11.7. The first-order valence-electron chi connectivity index (χ1n) is 6.84. The molecule has 0 saturated heterocycles. The van der Waals surface area contributed by atoms with Crippen molar-refractivity contribution in [2.75, 3.05) is 5.75 Å². The van der Waals surface area contributed by atoms with Gasteiger partial charge >= 0.3 is 0 Å². The Morgan fingerprint density at radius 2 is 1.86 bits per heavy atom. The summed E-state index contributed by atoms with van der Waals surface area (Å²) in [5.74, 6) is 1.09. The number of aryl methyl sites for hydroxylation is 1. The fourth-order valence-corrected chi connectivity index (χ4v) is 2.61. The average Bonchev–Trinajstić information content (AvgIpc) is 2.51. The zero-order valence-electron chi connectivity index (χ0n) is 12.3. The van der Waals surface area contributed by atoms with E-state index in [0.29, 0.717) is 10.8 Å². The molecule has 5 heteroatoms. The van der Waals surface area contributed by atoms with E-state index in [9.17, 15) is 4.79 Å². The van der Waals surface area contributed by atoms with Crippen LogP contribution in [0.15, 0.2) is 53.6 Å². The molecule has 0 radical (unpaired) electrons. The minimum absolute atomic E-state index is 0.109. The first-order valence-corrected chi connectivity index (χ1v) is 8.37. The van der Waals surface area contributed by atoms with Crippen molar-refractivity contribution < 1.29 is 4.79 Å². The molecule has 0 heterocycles. The van der Waals surface area contributed by atoms with Crippen molar-refractivity contribution in [3.8, 4) is 0 Å². The average molecular weight is 333 g/mol. The number of benzene rings is 2. The lowest BCUT2D eigenvalue weighted by Crippen LogP contribution is -2.19. The Kier molecular flexibility index (Phi) is 6.49. The molecule has 0 bridgehead atoms. The van der Waals surface area contributed by atoms with Gasteiger partial charge in [0.25, 0.3) is 0 Å². The standard InChI is InChI=1S/C17H17ClN2OS/c1-13-2-4-15(5-3-13)11-22-12-17(21)20-19-10-14-6-8-16(18)9-7-14/h2-10H,11-12H2,1H3,(H,20,21)/b19-10-. The van der Waals surface area contributed by atoms with Crippen LogP contribution < -0.4 is 5.43 Å². The molecule has 0 aliphatic rings. The van der Waals surface area contributed by atoms with Crippen LogP contribution in [0.25, 0.3) is 0 Å². The molecular formula is C17H17ClN2OS. The van der Waals surface area contributed by atoms with Crippen LogP contribution in [0.4, 0.5) is 0 Å². The van der Waals surface area contributed by atoms with Gasteiger partial charge in [0.05, 0.1) is 12.0 Å². The monoisotopic (exact) mass is 332 g/mol. The zero-order chi connectivity index (χ0) is 15.8. The summed E-state index contributed by atoms with van der Waals surface area (Å²) in [6.07, 6.45) is 1.60. The molecule has 0 fully saturated rings. The molecule has 0 aliphatic heterocycles. The number of hydrogen-bond acceptors (Lipinski definition) is 3. The quantitative estimate of drug-likeness (QED) is 0.641. The molecule has 114 valence electrons. The minimum Gasteiger partial charge on any atom is -0.272 e. The molecule has 1 N–H and O–H groups in total. The normalized spacial score (nSPS) is 10.8. The van der Waals surface area contributed by atoms with Crippen LogP contribution in [-0.4, -0.2) is 17.9 Å². The van der Waals surface area contributed by atoms with Crippen molar-refractivity contribution in [1.29, 1.82) is 0 Å². The fourth-order valence-electron chi connectivity index (χ4n) is 1.71. The first-order chi connectivity index (χ1) is 10.6. The topological polar surface area (TPSA) is 41.5 Å². The van der Waals surface area contributed by atoms with Crippen LogP contribution >= 0.6 is 23.4 Å². The second kappa shape index (κ2) is 8.61. The molecule has 0 aromatic heterocycles.